The molecule has 0 unspecified atom stereocenters. The van der Waals surface area contributed by atoms with Gasteiger partial charge in [-0.1, -0.05) is 0 Å². The Hall–Kier alpha value is -3.09. The monoisotopic (exact) mass is 335 g/mol. The van der Waals surface area contributed by atoms with E-state index in [9.17, 15) is 4.79 Å². The van der Waals surface area contributed by atoms with Crippen LogP contribution in [-0.2, 0) is 19.4 Å². The zero-order valence-electron chi connectivity index (χ0n) is 13.6. The third-order valence-corrected chi connectivity index (χ3v) is 4.86. The van der Waals surface area contributed by atoms with Gasteiger partial charge in [-0.3, -0.25) is 9.89 Å². The molecule has 0 fully saturated rings. The largest absolute Gasteiger partial charge is 0.493 e. The zero-order valence-corrected chi connectivity index (χ0v) is 13.6. The molecule has 0 spiro atoms. The van der Waals surface area contributed by atoms with Crippen LogP contribution in [0, 0.1) is 0 Å². The number of imidazole rings is 1. The van der Waals surface area contributed by atoms with Gasteiger partial charge in [-0.2, -0.15) is 5.10 Å². The standard InChI is InChI=1S/C18H17N5O2/c24-18(23-5-3-13-16(9-23)20-10-19-13)15-8-14(21-22-15)11-1-2-17-12(7-11)4-6-25-17/h1-2,7-8,10H,3-6,9H2,(H,19,20)(H,21,22). The second-order valence-electron chi connectivity index (χ2n) is 6.39. The number of aromatic nitrogens is 4. The molecule has 2 N–H and O–H groups in total. The molecule has 0 bridgehead atoms. The fourth-order valence-electron chi connectivity index (χ4n) is 3.48. The number of nitrogens with one attached hydrogen (secondary N) is 2. The topological polar surface area (TPSA) is 86.9 Å². The highest BCUT2D eigenvalue weighted by Crippen LogP contribution is 2.30. The van der Waals surface area contributed by atoms with Gasteiger partial charge < -0.3 is 14.6 Å². The number of hydrogen-bond donors (Lipinski definition) is 2. The van der Waals surface area contributed by atoms with Crippen LogP contribution in [0.25, 0.3) is 11.3 Å². The van der Waals surface area contributed by atoms with Gasteiger partial charge in [-0.05, 0) is 29.8 Å². The summed E-state index contributed by atoms with van der Waals surface area (Å²) in [5, 5.41) is 7.22. The Morgan fingerprint density at radius 1 is 1.24 bits per heavy atom. The lowest BCUT2D eigenvalue weighted by molar-refractivity contribution is 0.0726. The van der Waals surface area contributed by atoms with Crippen molar-refractivity contribution in [2.45, 2.75) is 19.4 Å². The molecule has 1 aromatic carbocycles. The van der Waals surface area contributed by atoms with Gasteiger partial charge in [0.05, 0.1) is 36.6 Å². The predicted octanol–water partition coefficient (Wildman–Crippen LogP) is 1.93. The average molecular weight is 335 g/mol. The van der Waals surface area contributed by atoms with Gasteiger partial charge in [-0.25, -0.2) is 4.98 Å². The molecule has 0 atom stereocenters. The maximum atomic E-state index is 12.8. The molecule has 4 heterocycles. The molecule has 0 saturated heterocycles. The van der Waals surface area contributed by atoms with Crippen LogP contribution < -0.4 is 4.74 Å². The first-order chi connectivity index (χ1) is 12.3. The minimum absolute atomic E-state index is 0.0384. The van der Waals surface area contributed by atoms with Crippen LogP contribution in [-0.4, -0.2) is 44.1 Å². The predicted molar refractivity (Wildman–Crippen MR) is 90.3 cm³/mol. The minimum Gasteiger partial charge on any atom is -0.493 e. The number of benzene rings is 1. The van der Waals surface area contributed by atoms with Crippen molar-refractivity contribution in [3.63, 3.8) is 0 Å². The maximum absolute atomic E-state index is 12.8. The fourth-order valence-corrected chi connectivity index (χ4v) is 3.48. The Morgan fingerprint density at radius 3 is 3.16 bits per heavy atom. The van der Waals surface area contributed by atoms with Crippen molar-refractivity contribution >= 4 is 5.91 Å². The van der Waals surface area contributed by atoms with E-state index in [4.69, 9.17) is 4.74 Å². The summed E-state index contributed by atoms with van der Waals surface area (Å²) in [7, 11) is 0. The van der Waals surface area contributed by atoms with Gasteiger partial charge in [0, 0.05) is 24.9 Å². The minimum atomic E-state index is -0.0384. The first-order valence-electron chi connectivity index (χ1n) is 8.40. The van der Waals surface area contributed by atoms with Crippen LogP contribution in [0.15, 0.2) is 30.6 Å². The molecular weight excluding hydrogens is 318 g/mol. The van der Waals surface area contributed by atoms with Gasteiger partial charge in [0.25, 0.3) is 5.91 Å². The number of rotatable bonds is 2. The van der Waals surface area contributed by atoms with Crippen LogP contribution >= 0.6 is 0 Å². The van der Waals surface area contributed by atoms with E-state index >= 15 is 0 Å². The summed E-state index contributed by atoms with van der Waals surface area (Å²) in [4.78, 5) is 22.0. The first-order valence-corrected chi connectivity index (χ1v) is 8.40. The molecule has 2 aliphatic rings. The van der Waals surface area contributed by atoms with E-state index in [1.165, 1.54) is 5.56 Å². The summed E-state index contributed by atoms with van der Waals surface area (Å²) >= 11 is 0. The summed E-state index contributed by atoms with van der Waals surface area (Å²) in [5.41, 5.74) is 5.53. The second-order valence-corrected chi connectivity index (χ2v) is 6.39. The third-order valence-electron chi connectivity index (χ3n) is 4.86. The number of aromatic amines is 2. The van der Waals surface area contributed by atoms with Crippen molar-refractivity contribution in [1.82, 2.24) is 25.1 Å². The Morgan fingerprint density at radius 2 is 2.20 bits per heavy atom. The van der Waals surface area contributed by atoms with Crippen molar-refractivity contribution in [1.29, 1.82) is 0 Å². The Balaban J connectivity index is 1.38. The molecule has 0 saturated carbocycles. The van der Waals surface area contributed by atoms with Crippen molar-refractivity contribution in [3.8, 4) is 17.0 Å². The number of carbonyl (C=O) groups excluding carboxylic acids is 1. The van der Waals surface area contributed by atoms with Crippen LogP contribution in [0.1, 0.15) is 27.4 Å². The van der Waals surface area contributed by atoms with Crippen LogP contribution in [0.5, 0.6) is 5.75 Å². The lowest BCUT2D eigenvalue weighted by atomic mass is 10.1. The molecule has 0 aliphatic carbocycles. The summed E-state index contributed by atoms with van der Waals surface area (Å²) in [6.45, 7) is 1.95. The first kappa shape index (κ1) is 14.3. The van der Waals surface area contributed by atoms with E-state index in [2.05, 4.69) is 26.2 Å². The quantitative estimate of drug-likeness (QED) is 0.749. The lowest BCUT2D eigenvalue weighted by Gasteiger charge is -2.25. The highest BCUT2D eigenvalue weighted by molar-refractivity contribution is 5.93. The molecule has 7 heteroatoms. The van der Waals surface area contributed by atoms with Crippen molar-refractivity contribution in [3.05, 3.63) is 53.2 Å². The van der Waals surface area contributed by atoms with E-state index in [1.807, 2.05) is 23.1 Å². The SMILES string of the molecule is O=C(c1cc(-c2ccc3c(c2)CCO3)n[nH]1)N1CCc2nc[nH]c2C1. The summed E-state index contributed by atoms with van der Waals surface area (Å²) in [6, 6.07) is 7.86. The molecule has 0 radical (unpaired) electrons. The zero-order chi connectivity index (χ0) is 16.8. The number of carbonyl (C=O) groups is 1. The summed E-state index contributed by atoms with van der Waals surface area (Å²) in [5.74, 6) is 0.905. The van der Waals surface area contributed by atoms with Gasteiger partial charge >= 0.3 is 0 Å². The summed E-state index contributed by atoms with van der Waals surface area (Å²) < 4.78 is 5.54. The van der Waals surface area contributed by atoms with Crippen molar-refractivity contribution in [2.24, 2.45) is 0 Å². The number of fused-ring (bicyclic) bond motifs is 2. The van der Waals surface area contributed by atoms with Crippen LogP contribution in [0.3, 0.4) is 0 Å². The van der Waals surface area contributed by atoms with Crippen molar-refractivity contribution < 1.29 is 9.53 Å². The number of H-pyrrole nitrogens is 2. The summed E-state index contributed by atoms with van der Waals surface area (Å²) in [6.07, 6.45) is 3.38. The molecule has 7 nitrogen and oxygen atoms in total. The molecular formula is C18H17N5O2. The van der Waals surface area contributed by atoms with E-state index in [0.717, 1.165) is 47.8 Å². The Labute approximate surface area is 144 Å². The Bertz CT molecular complexity index is 958. The number of nitrogens with zero attached hydrogens (tertiary/aromatic N) is 3. The van der Waals surface area contributed by atoms with E-state index < -0.39 is 0 Å². The number of hydrogen-bond acceptors (Lipinski definition) is 4. The van der Waals surface area contributed by atoms with Crippen molar-refractivity contribution in [2.75, 3.05) is 13.2 Å². The van der Waals surface area contributed by atoms with E-state index in [1.54, 1.807) is 6.33 Å². The fraction of sp³-hybridized carbons (Fsp3) is 0.278. The van der Waals surface area contributed by atoms with E-state index in [0.29, 0.717) is 18.8 Å². The smallest absolute Gasteiger partial charge is 0.272 e. The lowest BCUT2D eigenvalue weighted by Crippen LogP contribution is -2.36. The molecule has 3 aromatic rings. The van der Waals surface area contributed by atoms with Gasteiger partial charge in [0.15, 0.2) is 0 Å². The molecule has 126 valence electrons. The van der Waals surface area contributed by atoms with Gasteiger partial charge in [0.2, 0.25) is 0 Å². The molecule has 2 aromatic heterocycles. The second kappa shape index (κ2) is 5.47. The molecule has 5 rings (SSSR count). The number of ether oxygens (including phenoxy) is 1. The Kier molecular flexibility index (Phi) is 3.12. The maximum Gasteiger partial charge on any atom is 0.272 e. The molecule has 2 aliphatic heterocycles. The van der Waals surface area contributed by atoms with Crippen LogP contribution in [0.2, 0.25) is 0 Å². The highest BCUT2D eigenvalue weighted by Gasteiger charge is 2.25. The van der Waals surface area contributed by atoms with Gasteiger partial charge in [-0.15, -0.1) is 0 Å². The van der Waals surface area contributed by atoms with Crippen LogP contribution in [0.4, 0.5) is 0 Å². The normalized spacial score (nSPS) is 15.6. The molecule has 25 heavy (non-hydrogen) atoms. The van der Waals surface area contributed by atoms with Gasteiger partial charge in [0.1, 0.15) is 11.4 Å². The number of amides is 1. The highest BCUT2D eigenvalue weighted by atomic mass is 16.5. The third kappa shape index (κ3) is 2.39. The van der Waals surface area contributed by atoms with E-state index in [-0.39, 0.29) is 5.91 Å². The molecule has 1 amide bonds. The average Bonchev–Trinajstić information content (AvgIpc) is 3.39.